The summed E-state index contributed by atoms with van der Waals surface area (Å²) < 4.78 is 22.7. The van der Waals surface area contributed by atoms with Gasteiger partial charge in [-0.1, -0.05) is 39.0 Å². The molecule has 1 aliphatic rings. The second-order valence-electron chi connectivity index (χ2n) is 4.44. The lowest BCUT2D eigenvalue weighted by Gasteiger charge is -2.24. The summed E-state index contributed by atoms with van der Waals surface area (Å²) in [5.41, 5.74) is 0. The minimum absolute atomic E-state index is 0.371. The summed E-state index contributed by atoms with van der Waals surface area (Å²) in [7, 11) is -2.72. The van der Waals surface area contributed by atoms with Gasteiger partial charge in [-0.25, -0.2) is 8.42 Å². The lowest BCUT2D eigenvalue weighted by Crippen LogP contribution is -2.13. The number of sulfone groups is 1. The van der Waals surface area contributed by atoms with Crippen molar-refractivity contribution in [1.29, 1.82) is 0 Å². The van der Waals surface area contributed by atoms with E-state index in [-0.39, 0.29) is 0 Å². The van der Waals surface area contributed by atoms with Crippen LogP contribution in [0.15, 0.2) is 0 Å². The highest BCUT2D eigenvalue weighted by molar-refractivity contribution is 7.91. The molecule has 1 aliphatic carbocycles. The van der Waals surface area contributed by atoms with Crippen LogP contribution in [0.4, 0.5) is 0 Å². The fourth-order valence-electron chi connectivity index (χ4n) is 1.95. The molecule has 3 heteroatoms. The first-order chi connectivity index (χ1) is 6.64. The SMILES string of the molecule is CCCS(=O)(=O)CCCCC1CCC1. The molecule has 0 N–H and O–H groups in total. The van der Waals surface area contributed by atoms with Gasteiger partial charge in [0.1, 0.15) is 9.84 Å². The molecule has 0 spiro atoms. The van der Waals surface area contributed by atoms with Crippen molar-refractivity contribution >= 4 is 9.84 Å². The molecule has 1 saturated carbocycles. The summed E-state index contributed by atoms with van der Waals surface area (Å²) in [4.78, 5) is 0. The van der Waals surface area contributed by atoms with E-state index in [1.165, 1.54) is 25.7 Å². The monoisotopic (exact) mass is 218 g/mol. The Morgan fingerprint density at radius 2 is 1.86 bits per heavy atom. The van der Waals surface area contributed by atoms with Gasteiger partial charge < -0.3 is 0 Å². The average Bonchev–Trinajstić information content (AvgIpc) is 2.00. The van der Waals surface area contributed by atoms with Crippen LogP contribution in [0, 0.1) is 5.92 Å². The summed E-state index contributed by atoms with van der Waals surface area (Å²) in [6.45, 7) is 1.92. The molecule has 0 radical (unpaired) electrons. The predicted molar refractivity (Wildman–Crippen MR) is 60.1 cm³/mol. The Morgan fingerprint density at radius 3 is 2.36 bits per heavy atom. The van der Waals surface area contributed by atoms with Crippen molar-refractivity contribution in [2.75, 3.05) is 11.5 Å². The van der Waals surface area contributed by atoms with Crippen molar-refractivity contribution in [2.45, 2.75) is 51.9 Å². The molecular formula is C11H22O2S. The van der Waals surface area contributed by atoms with Crippen molar-refractivity contribution in [3.05, 3.63) is 0 Å². The van der Waals surface area contributed by atoms with Gasteiger partial charge in [-0.3, -0.25) is 0 Å². The molecule has 2 nitrogen and oxygen atoms in total. The molecule has 0 unspecified atom stereocenters. The largest absolute Gasteiger partial charge is 0.229 e. The molecule has 84 valence electrons. The Hall–Kier alpha value is -0.0500. The smallest absolute Gasteiger partial charge is 0.150 e. The molecule has 0 aromatic rings. The highest BCUT2D eigenvalue weighted by atomic mass is 32.2. The zero-order valence-electron chi connectivity index (χ0n) is 9.17. The maximum absolute atomic E-state index is 11.4. The molecule has 0 saturated heterocycles. The van der Waals surface area contributed by atoms with Crippen molar-refractivity contribution in [3.63, 3.8) is 0 Å². The van der Waals surface area contributed by atoms with Crippen LogP contribution in [0.2, 0.25) is 0 Å². The van der Waals surface area contributed by atoms with Crippen LogP contribution >= 0.6 is 0 Å². The van der Waals surface area contributed by atoms with Crippen LogP contribution in [-0.4, -0.2) is 19.9 Å². The number of unbranched alkanes of at least 4 members (excludes halogenated alkanes) is 1. The van der Waals surface area contributed by atoms with Gasteiger partial charge in [0.25, 0.3) is 0 Å². The highest BCUT2D eigenvalue weighted by Crippen LogP contribution is 2.30. The molecule has 0 aromatic carbocycles. The second kappa shape index (κ2) is 5.74. The molecular weight excluding hydrogens is 196 g/mol. The van der Waals surface area contributed by atoms with Gasteiger partial charge in [-0.05, 0) is 18.8 Å². The Labute approximate surface area is 88.0 Å². The zero-order chi connectivity index (χ0) is 10.4. The maximum atomic E-state index is 11.4. The Bertz CT molecular complexity index is 240. The normalized spacial score (nSPS) is 18.1. The molecule has 1 rings (SSSR count). The van der Waals surface area contributed by atoms with E-state index >= 15 is 0 Å². The number of hydrogen-bond donors (Lipinski definition) is 0. The Kier molecular flexibility index (Phi) is 4.93. The standard InChI is InChI=1S/C11H22O2S/c1-2-9-14(12,13)10-4-3-6-11-7-5-8-11/h11H,2-10H2,1H3. The van der Waals surface area contributed by atoms with Crippen LogP contribution in [0.5, 0.6) is 0 Å². The molecule has 0 aromatic heterocycles. The van der Waals surface area contributed by atoms with Crippen molar-refractivity contribution in [1.82, 2.24) is 0 Å². The first kappa shape index (κ1) is 12.0. The third-order valence-corrected chi connectivity index (χ3v) is 5.00. The number of hydrogen-bond acceptors (Lipinski definition) is 2. The predicted octanol–water partition coefficient (Wildman–Crippen LogP) is 2.78. The first-order valence-electron chi connectivity index (χ1n) is 5.84. The highest BCUT2D eigenvalue weighted by Gasteiger charge is 2.17. The topological polar surface area (TPSA) is 34.1 Å². The van der Waals surface area contributed by atoms with Crippen LogP contribution in [0.25, 0.3) is 0 Å². The van der Waals surface area contributed by atoms with Crippen LogP contribution in [0.1, 0.15) is 51.9 Å². The lowest BCUT2D eigenvalue weighted by molar-refractivity contribution is 0.289. The summed E-state index contributed by atoms with van der Waals surface area (Å²) in [5, 5.41) is 0. The molecule has 0 amide bonds. The van der Waals surface area contributed by atoms with Crippen LogP contribution < -0.4 is 0 Å². The maximum Gasteiger partial charge on any atom is 0.150 e. The lowest BCUT2D eigenvalue weighted by atomic mass is 9.82. The van der Waals surface area contributed by atoms with Gasteiger partial charge in [0.05, 0.1) is 5.75 Å². The first-order valence-corrected chi connectivity index (χ1v) is 7.66. The van der Waals surface area contributed by atoms with Crippen molar-refractivity contribution in [3.8, 4) is 0 Å². The van der Waals surface area contributed by atoms with E-state index in [1.807, 2.05) is 6.92 Å². The van der Waals surface area contributed by atoms with Crippen LogP contribution in [0.3, 0.4) is 0 Å². The van der Waals surface area contributed by atoms with Gasteiger partial charge >= 0.3 is 0 Å². The van der Waals surface area contributed by atoms with Gasteiger partial charge in [0, 0.05) is 5.75 Å². The molecule has 0 heterocycles. The van der Waals surface area contributed by atoms with Crippen molar-refractivity contribution in [2.24, 2.45) is 5.92 Å². The molecule has 14 heavy (non-hydrogen) atoms. The van der Waals surface area contributed by atoms with Crippen LogP contribution in [-0.2, 0) is 9.84 Å². The van der Waals surface area contributed by atoms with E-state index in [0.29, 0.717) is 11.5 Å². The van der Waals surface area contributed by atoms with Gasteiger partial charge in [-0.2, -0.15) is 0 Å². The zero-order valence-corrected chi connectivity index (χ0v) is 9.98. The summed E-state index contributed by atoms with van der Waals surface area (Å²) in [6.07, 6.45) is 8.13. The Morgan fingerprint density at radius 1 is 1.14 bits per heavy atom. The van der Waals surface area contributed by atoms with Crippen molar-refractivity contribution < 1.29 is 8.42 Å². The fourth-order valence-corrected chi connectivity index (χ4v) is 3.42. The third kappa shape index (κ3) is 4.45. The van der Waals surface area contributed by atoms with E-state index in [0.717, 1.165) is 25.2 Å². The third-order valence-electron chi connectivity index (χ3n) is 3.06. The fraction of sp³-hybridized carbons (Fsp3) is 1.00. The number of rotatable bonds is 7. The summed E-state index contributed by atoms with van der Waals surface area (Å²) in [5.74, 6) is 1.70. The van der Waals surface area contributed by atoms with E-state index in [4.69, 9.17) is 0 Å². The van der Waals surface area contributed by atoms with E-state index in [9.17, 15) is 8.42 Å². The van der Waals surface area contributed by atoms with E-state index in [2.05, 4.69) is 0 Å². The second-order valence-corrected chi connectivity index (χ2v) is 6.75. The molecule has 1 fully saturated rings. The molecule has 0 atom stereocenters. The summed E-state index contributed by atoms with van der Waals surface area (Å²) >= 11 is 0. The molecule has 0 aliphatic heterocycles. The average molecular weight is 218 g/mol. The summed E-state index contributed by atoms with van der Waals surface area (Å²) in [6, 6.07) is 0. The minimum Gasteiger partial charge on any atom is -0.229 e. The van der Waals surface area contributed by atoms with E-state index in [1.54, 1.807) is 0 Å². The molecule has 0 bridgehead atoms. The minimum atomic E-state index is -2.72. The Balaban J connectivity index is 2.02. The van der Waals surface area contributed by atoms with E-state index < -0.39 is 9.84 Å². The van der Waals surface area contributed by atoms with Gasteiger partial charge in [-0.15, -0.1) is 0 Å². The quantitative estimate of drug-likeness (QED) is 0.616. The van der Waals surface area contributed by atoms with Gasteiger partial charge in [0.2, 0.25) is 0 Å². The van der Waals surface area contributed by atoms with Gasteiger partial charge in [0.15, 0.2) is 0 Å².